The van der Waals surface area contributed by atoms with Crippen LogP contribution < -0.4 is 5.73 Å². The van der Waals surface area contributed by atoms with Crippen molar-refractivity contribution in [1.29, 1.82) is 0 Å². The number of nitrogens with two attached hydrogens (primary N) is 1. The zero-order chi connectivity index (χ0) is 20.2. The smallest absolute Gasteiger partial charge is 0.320 e. The lowest BCUT2D eigenvalue weighted by Crippen LogP contribution is -2.32. The number of carboxylic acid groups (broad SMARTS) is 1. The summed E-state index contributed by atoms with van der Waals surface area (Å²) in [5, 5.41) is 17.2. The van der Waals surface area contributed by atoms with E-state index in [1.807, 2.05) is 66.7 Å². The molecule has 4 rings (SSSR count). The van der Waals surface area contributed by atoms with Gasteiger partial charge in [0.05, 0.1) is 0 Å². The first-order valence-corrected chi connectivity index (χ1v) is 9.17. The van der Waals surface area contributed by atoms with Gasteiger partial charge in [-0.2, -0.15) is 0 Å². The second-order valence-corrected chi connectivity index (χ2v) is 6.70. The van der Waals surface area contributed by atoms with Crippen LogP contribution in [0.4, 0.5) is 0 Å². The van der Waals surface area contributed by atoms with Crippen LogP contribution in [0.15, 0.2) is 83.3 Å². The Morgan fingerprint density at radius 1 is 0.800 bits per heavy atom. The quantitative estimate of drug-likeness (QED) is 0.477. The molecule has 0 aliphatic rings. The summed E-state index contributed by atoms with van der Waals surface area (Å²) in [4.78, 5) is 10.9. The molecule has 1 atom stereocenters. The minimum Gasteiger partial charge on any atom is -0.480 e. The van der Waals surface area contributed by atoms with Gasteiger partial charge in [-0.25, -0.2) is 0 Å². The number of hydrogen-bond acceptors (Lipinski definition) is 5. The van der Waals surface area contributed by atoms with Crippen molar-refractivity contribution in [3.05, 3.63) is 84.4 Å². The van der Waals surface area contributed by atoms with Gasteiger partial charge in [0.15, 0.2) is 0 Å². The molecule has 1 aromatic heterocycles. The number of carboxylic acids is 1. The third kappa shape index (κ3) is 4.74. The SMILES string of the molecule is Cl.N[C@@H](Cc1ccc(-c2nnc(-c3ccc(-c4ccccc4)cc3)o2)cc1)C(=O)O. The molecule has 1 heterocycles. The molecule has 3 N–H and O–H groups in total. The molecular weight excluding hydrogens is 402 g/mol. The molecule has 6 nitrogen and oxygen atoms in total. The number of aromatic nitrogens is 2. The highest BCUT2D eigenvalue weighted by molar-refractivity contribution is 5.85. The minimum absolute atomic E-state index is 0. The average Bonchev–Trinajstić information content (AvgIpc) is 3.25. The molecule has 30 heavy (non-hydrogen) atoms. The van der Waals surface area contributed by atoms with Gasteiger partial charge in [-0.1, -0.05) is 54.6 Å². The van der Waals surface area contributed by atoms with E-state index in [2.05, 4.69) is 22.3 Å². The molecule has 3 aromatic carbocycles. The van der Waals surface area contributed by atoms with Crippen molar-refractivity contribution in [2.24, 2.45) is 5.73 Å². The maximum absolute atomic E-state index is 10.9. The number of aliphatic carboxylic acids is 1. The van der Waals surface area contributed by atoms with Crippen molar-refractivity contribution in [2.75, 3.05) is 0 Å². The van der Waals surface area contributed by atoms with Crippen LogP contribution in [0.1, 0.15) is 5.56 Å². The molecule has 0 unspecified atom stereocenters. The summed E-state index contributed by atoms with van der Waals surface area (Å²) >= 11 is 0. The molecule has 0 fully saturated rings. The van der Waals surface area contributed by atoms with Crippen LogP contribution in [-0.2, 0) is 11.2 Å². The summed E-state index contributed by atoms with van der Waals surface area (Å²) < 4.78 is 5.82. The predicted molar refractivity (Wildman–Crippen MR) is 117 cm³/mol. The van der Waals surface area contributed by atoms with E-state index >= 15 is 0 Å². The van der Waals surface area contributed by atoms with Crippen LogP contribution in [0, 0.1) is 0 Å². The van der Waals surface area contributed by atoms with Gasteiger partial charge in [-0.05, 0) is 47.4 Å². The summed E-state index contributed by atoms with van der Waals surface area (Å²) in [7, 11) is 0. The van der Waals surface area contributed by atoms with Crippen molar-refractivity contribution < 1.29 is 14.3 Å². The van der Waals surface area contributed by atoms with E-state index in [9.17, 15) is 4.79 Å². The Balaban J connectivity index is 0.00000256. The maximum Gasteiger partial charge on any atom is 0.320 e. The van der Waals surface area contributed by atoms with Crippen molar-refractivity contribution >= 4 is 18.4 Å². The molecule has 0 aliphatic carbocycles. The molecule has 152 valence electrons. The van der Waals surface area contributed by atoms with E-state index in [4.69, 9.17) is 15.3 Å². The number of carbonyl (C=O) groups is 1. The second kappa shape index (κ2) is 9.35. The molecule has 4 aromatic rings. The lowest BCUT2D eigenvalue weighted by atomic mass is 10.0. The van der Waals surface area contributed by atoms with Crippen molar-refractivity contribution in [2.45, 2.75) is 12.5 Å². The van der Waals surface area contributed by atoms with E-state index in [0.717, 1.165) is 27.8 Å². The molecule has 0 saturated heterocycles. The van der Waals surface area contributed by atoms with Gasteiger partial charge < -0.3 is 15.3 Å². The van der Waals surface area contributed by atoms with Crippen molar-refractivity contribution in [3.63, 3.8) is 0 Å². The molecular formula is C23H20ClN3O3. The highest BCUT2D eigenvalue weighted by Crippen LogP contribution is 2.27. The molecule has 0 radical (unpaired) electrons. The lowest BCUT2D eigenvalue weighted by Gasteiger charge is -2.06. The first kappa shape index (κ1) is 21.2. The number of halogens is 1. The topological polar surface area (TPSA) is 102 Å². The van der Waals surface area contributed by atoms with Crippen LogP contribution in [0.5, 0.6) is 0 Å². The zero-order valence-electron chi connectivity index (χ0n) is 15.9. The van der Waals surface area contributed by atoms with Crippen LogP contribution >= 0.6 is 12.4 Å². The number of rotatable bonds is 6. The summed E-state index contributed by atoms with van der Waals surface area (Å²) in [6.45, 7) is 0. The molecule has 0 spiro atoms. The van der Waals surface area contributed by atoms with Crippen molar-refractivity contribution in [3.8, 4) is 34.0 Å². The summed E-state index contributed by atoms with van der Waals surface area (Å²) in [5.41, 5.74) is 10.3. The van der Waals surface area contributed by atoms with E-state index in [1.165, 1.54) is 0 Å². The summed E-state index contributed by atoms with van der Waals surface area (Å²) in [6.07, 6.45) is 0.262. The highest BCUT2D eigenvalue weighted by atomic mass is 35.5. The highest BCUT2D eigenvalue weighted by Gasteiger charge is 2.14. The van der Waals surface area contributed by atoms with Crippen LogP contribution in [0.2, 0.25) is 0 Å². The maximum atomic E-state index is 10.9. The molecule has 0 amide bonds. The Kier molecular flexibility index (Phi) is 6.61. The molecule has 0 bridgehead atoms. The van der Waals surface area contributed by atoms with E-state index in [-0.39, 0.29) is 18.8 Å². The van der Waals surface area contributed by atoms with Crippen LogP contribution in [0.25, 0.3) is 34.0 Å². The number of benzene rings is 3. The molecule has 7 heteroatoms. The minimum atomic E-state index is -1.02. The van der Waals surface area contributed by atoms with Gasteiger partial charge >= 0.3 is 5.97 Å². The van der Waals surface area contributed by atoms with E-state index < -0.39 is 12.0 Å². The second-order valence-electron chi connectivity index (χ2n) is 6.70. The van der Waals surface area contributed by atoms with E-state index in [1.54, 1.807) is 0 Å². The van der Waals surface area contributed by atoms with Gasteiger partial charge in [0.25, 0.3) is 0 Å². The summed E-state index contributed by atoms with van der Waals surface area (Å²) in [5.74, 6) is -0.174. The predicted octanol–water partition coefficient (Wildman–Crippen LogP) is 4.45. The van der Waals surface area contributed by atoms with Gasteiger partial charge in [-0.15, -0.1) is 22.6 Å². The zero-order valence-corrected chi connectivity index (χ0v) is 16.8. The lowest BCUT2D eigenvalue weighted by molar-refractivity contribution is -0.138. The fourth-order valence-electron chi connectivity index (χ4n) is 3.02. The fraction of sp³-hybridized carbons (Fsp3) is 0.0870. The standard InChI is InChI=1S/C23H19N3O3.ClH/c24-20(23(27)28)14-15-6-8-18(9-7-15)21-25-26-22(29-21)19-12-10-17(11-13-19)16-4-2-1-3-5-16;/h1-13,20H,14,24H2,(H,27,28);1H/t20-;/m0./s1. The van der Waals surface area contributed by atoms with Gasteiger partial charge in [0.2, 0.25) is 11.8 Å². The Morgan fingerprint density at radius 3 is 1.80 bits per heavy atom. The van der Waals surface area contributed by atoms with Crippen LogP contribution in [0.3, 0.4) is 0 Å². The average molecular weight is 422 g/mol. The Labute approximate surface area is 179 Å². The van der Waals surface area contributed by atoms with Gasteiger partial charge in [-0.3, -0.25) is 4.79 Å². The first-order valence-electron chi connectivity index (χ1n) is 9.17. The largest absolute Gasteiger partial charge is 0.480 e. The summed E-state index contributed by atoms with van der Waals surface area (Å²) in [6, 6.07) is 24.4. The Hall–Kier alpha value is -3.48. The van der Waals surface area contributed by atoms with Crippen molar-refractivity contribution in [1.82, 2.24) is 10.2 Å². The molecule has 0 aliphatic heterocycles. The van der Waals surface area contributed by atoms with Gasteiger partial charge in [0.1, 0.15) is 6.04 Å². The van der Waals surface area contributed by atoms with Gasteiger partial charge in [0, 0.05) is 11.1 Å². The Bertz CT molecular complexity index is 1110. The number of nitrogens with zero attached hydrogens (tertiary/aromatic N) is 2. The number of hydrogen-bond donors (Lipinski definition) is 2. The first-order chi connectivity index (χ1) is 14.1. The third-order valence-electron chi connectivity index (χ3n) is 4.64. The monoisotopic (exact) mass is 421 g/mol. The fourth-order valence-corrected chi connectivity index (χ4v) is 3.02. The third-order valence-corrected chi connectivity index (χ3v) is 4.64. The van der Waals surface area contributed by atoms with Crippen LogP contribution in [-0.4, -0.2) is 27.3 Å². The van der Waals surface area contributed by atoms with E-state index in [0.29, 0.717) is 11.8 Å². The molecule has 0 saturated carbocycles. The normalized spacial score (nSPS) is 11.5. The Morgan fingerprint density at radius 2 is 1.27 bits per heavy atom.